The Morgan fingerprint density at radius 3 is 1.91 bits per heavy atom. The number of carboxylic acids is 1. The lowest BCUT2D eigenvalue weighted by Crippen LogP contribution is -2.56. The second kappa shape index (κ2) is 16.6. The van der Waals surface area contributed by atoms with Crippen molar-refractivity contribution in [3.8, 4) is 0 Å². The van der Waals surface area contributed by atoms with Crippen molar-refractivity contribution in [3.63, 3.8) is 0 Å². The van der Waals surface area contributed by atoms with Gasteiger partial charge in [-0.2, -0.15) is 26.3 Å². The molecule has 18 heteroatoms. The molecule has 1 aromatic carbocycles. The first-order valence-corrected chi connectivity index (χ1v) is 13.5. The lowest BCUT2D eigenvalue weighted by atomic mass is 10.0. The highest BCUT2D eigenvalue weighted by Crippen LogP contribution is 2.28. The van der Waals surface area contributed by atoms with Gasteiger partial charge in [-0.3, -0.25) is 19.2 Å². The van der Waals surface area contributed by atoms with Gasteiger partial charge in [0.25, 0.3) is 0 Å². The highest BCUT2D eigenvalue weighted by atomic mass is 19.4. The van der Waals surface area contributed by atoms with E-state index in [1.165, 1.54) is 18.7 Å². The zero-order chi connectivity index (χ0) is 34.7. The van der Waals surface area contributed by atoms with E-state index in [4.69, 9.17) is 4.74 Å². The summed E-state index contributed by atoms with van der Waals surface area (Å²) in [4.78, 5) is 72.1. The molecule has 4 atom stereocenters. The highest BCUT2D eigenvalue weighted by Gasteiger charge is 2.55. The number of benzene rings is 1. The molecule has 2 rings (SSSR count). The number of halogens is 6. The maximum Gasteiger partial charge on any atom is 0.459 e. The molecule has 0 spiro atoms. The van der Waals surface area contributed by atoms with Crippen molar-refractivity contribution in [1.29, 1.82) is 0 Å². The second-order valence-electron chi connectivity index (χ2n) is 10.2. The second-order valence-corrected chi connectivity index (χ2v) is 10.2. The number of likely N-dealkylation sites (tertiary alicyclic amines) is 1. The van der Waals surface area contributed by atoms with Gasteiger partial charge in [-0.15, -0.1) is 0 Å². The van der Waals surface area contributed by atoms with Crippen molar-refractivity contribution < 1.29 is 65.0 Å². The molecule has 0 aliphatic carbocycles. The minimum absolute atomic E-state index is 0.0495. The number of alkyl carbamates (subject to hydrolysis) is 1. The number of hydrogen-bond acceptors (Lipinski definition) is 7. The van der Waals surface area contributed by atoms with Crippen LogP contribution in [0.3, 0.4) is 0 Å². The van der Waals surface area contributed by atoms with Crippen molar-refractivity contribution in [2.45, 2.75) is 83.7 Å². The normalized spacial score (nSPS) is 16.8. The van der Waals surface area contributed by atoms with Crippen LogP contribution in [0, 0.1) is 5.92 Å². The molecule has 1 fully saturated rings. The average Bonchev–Trinajstić information content (AvgIpc) is 3.43. The molecule has 4 N–H and O–H groups in total. The molecule has 1 aromatic rings. The molecule has 0 bridgehead atoms. The molecule has 0 radical (unpaired) electrons. The summed E-state index contributed by atoms with van der Waals surface area (Å²) in [5, 5.41) is 16.8. The summed E-state index contributed by atoms with van der Waals surface area (Å²) < 4.78 is 70.4. The van der Waals surface area contributed by atoms with Crippen LogP contribution in [0.15, 0.2) is 30.3 Å². The molecule has 45 heavy (non-hydrogen) atoms. The fraction of sp³-hybridized carbons (Fsp3) is 0.556. The van der Waals surface area contributed by atoms with E-state index in [1.54, 1.807) is 26.0 Å². The summed E-state index contributed by atoms with van der Waals surface area (Å²) in [5.41, 5.74) is 0.797. The van der Waals surface area contributed by atoms with E-state index in [1.807, 2.05) is 18.2 Å². The Labute approximate surface area is 253 Å². The van der Waals surface area contributed by atoms with Crippen molar-refractivity contribution in [3.05, 3.63) is 35.9 Å². The van der Waals surface area contributed by atoms with Gasteiger partial charge in [0.2, 0.25) is 17.7 Å². The van der Waals surface area contributed by atoms with Crippen molar-refractivity contribution in [2.24, 2.45) is 5.92 Å². The van der Waals surface area contributed by atoms with E-state index < -0.39 is 72.1 Å². The van der Waals surface area contributed by atoms with E-state index in [0.717, 1.165) is 5.56 Å². The maximum absolute atomic E-state index is 13.0. The van der Waals surface area contributed by atoms with Gasteiger partial charge in [0.05, 0.1) is 0 Å². The van der Waals surface area contributed by atoms with Crippen LogP contribution in [0.4, 0.5) is 31.1 Å². The highest BCUT2D eigenvalue weighted by molar-refractivity contribution is 5.94. The number of carbonyl (C=O) groups excluding carboxylic acids is 5. The van der Waals surface area contributed by atoms with Gasteiger partial charge in [-0.05, 0) is 38.2 Å². The summed E-state index contributed by atoms with van der Waals surface area (Å²) in [6.07, 6.45) is -11.4. The largest absolute Gasteiger partial charge is 0.480 e. The molecule has 1 aliphatic heterocycles. The Morgan fingerprint density at radius 1 is 0.889 bits per heavy atom. The van der Waals surface area contributed by atoms with Crippen molar-refractivity contribution in [2.75, 3.05) is 6.54 Å². The Morgan fingerprint density at radius 2 is 1.44 bits per heavy atom. The molecule has 1 aliphatic rings. The van der Waals surface area contributed by atoms with Gasteiger partial charge in [0.15, 0.2) is 0 Å². The first-order valence-electron chi connectivity index (χ1n) is 13.5. The van der Waals surface area contributed by atoms with Crippen LogP contribution < -0.4 is 16.0 Å². The van der Waals surface area contributed by atoms with E-state index >= 15 is 0 Å². The summed E-state index contributed by atoms with van der Waals surface area (Å²) in [6.45, 7) is 6.67. The topological polar surface area (TPSA) is 171 Å². The third-order valence-corrected chi connectivity index (χ3v) is 6.25. The fourth-order valence-corrected chi connectivity index (χ4v) is 3.88. The number of nitrogens with one attached hydrogen (secondary N) is 3. The zero-order valence-corrected chi connectivity index (χ0v) is 24.6. The maximum atomic E-state index is 13.0. The number of hydrogen-bond donors (Lipinski definition) is 4. The number of carboxylic acid groups (broad SMARTS) is 1. The van der Waals surface area contributed by atoms with Crippen LogP contribution in [0.2, 0.25) is 0 Å². The fourth-order valence-electron chi connectivity index (χ4n) is 3.88. The lowest BCUT2D eigenvalue weighted by Gasteiger charge is -2.29. The summed E-state index contributed by atoms with van der Waals surface area (Å²) >= 11 is 0. The van der Waals surface area contributed by atoms with Crippen LogP contribution in [0.25, 0.3) is 0 Å². The van der Waals surface area contributed by atoms with E-state index in [9.17, 15) is 60.2 Å². The molecule has 4 amide bonds. The third kappa shape index (κ3) is 12.6. The minimum atomic E-state index is -5.82. The number of Topliss-reactive ketones (excluding diaryl/α,β-unsaturated/α-hetero) is 1. The van der Waals surface area contributed by atoms with Gasteiger partial charge >= 0.3 is 30.2 Å². The van der Waals surface area contributed by atoms with Crippen molar-refractivity contribution >= 4 is 35.6 Å². The van der Waals surface area contributed by atoms with E-state index in [2.05, 4.69) is 16.0 Å². The van der Waals surface area contributed by atoms with Gasteiger partial charge in [0.1, 0.15) is 30.8 Å². The molecular weight excluding hydrogens is 622 g/mol. The summed E-state index contributed by atoms with van der Waals surface area (Å²) in [7, 11) is 0. The van der Waals surface area contributed by atoms with Crippen LogP contribution >= 0.6 is 0 Å². The SMILES string of the molecule is CC(C)[C@H](NC(=O)[C@@H]1CCCN1C(=O)[C@H](C)NC(=O)[C@H](C)NC(=O)OCc1ccccc1)C(=O)O.O=C(C(F)(F)F)C(F)(F)F. The first kappa shape index (κ1) is 38.6. The number of aliphatic carboxylic acids is 1. The monoisotopic (exact) mass is 656 g/mol. The molecule has 1 heterocycles. The number of ketones is 1. The summed E-state index contributed by atoms with van der Waals surface area (Å²) in [5.74, 6) is -6.74. The van der Waals surface area contributed by atoms with Crippen LogP contribution in [0.5, 0.6) is 0 Å². The molecular formula is C27H34F6N4O8. The predicted octanol–water partition coefficient (Wildman–Crippen LogP) is 2.70. The Balaban J connectivity index is 0.000000868. The smallest absolute Gasteiger partial charge is 0.459 e. The third-order valence-electron chi connectivity index (χ3n) is 6.25. The molecule has 252 valence electrons. The molecule has 12 nitrogen and oxygen atoms in total. The Kier molecular flexibility index (Phi) is 14.3. The Bertz CT molecular complexity index is 1190. The van der Waals surface area contributed by atoms with E-state index in [0.29, 0.717) is 19.4 Å². The quantitative estimate of drug-likeness (QED) is 0.279. The zero-order valence-electron chi connectivity index (χ0n) is 24.6. The number of amides is 4. The number of nitrogens with zero attached hydrogens (tertiary/aromatic N) is 1. The standard InChI is InChI=1S/C24H34N4O7.C3F6O/c1-14(2)19(23(32)33)27-21(30)18-11-8-12-28(18)22(31)16(4)25-20(29)15(3)26-24(34)35-13-17-9-6-5-7-10-17;4-2(5,6)1(10)3(7,8)9/h5-7,9-10,14-16,18-19H,8,11-13H2,1-4H3,(H,25,29)(H,26,34)(H,27,30)(H,32,33);/t15-,16-,18-,19-;/m0./s1. The van der Waals surface area contributed by atoms with Crippen LogP contribution in [0.1, 0.15) is 46.1 Å². The van der Waals surface area contributed by atoms with Crippen molar-refractivity contribution in [1.82, 2.24) is 20.9 Å². The number of rotatable bonds is 10. The van der Waals surface area contributed by atoms with Crippen LogP contribution in [-0.4, -0.2) is 88.6 Å². The minimum Gasteiger partial charge on any atom is -0.480 e. The molecule has 0 unspecified atom stereocenters. The average molecular weight is 657 g/mol. The number of ether oxygens (including phenoxy) is 1. The molecule has 1 saturated heterocycles. The molecule has 0 aromatic heterocycles. The van der Waals surface area contributed by atoms with Gasteiger partial charge < -0.3 is 30.7 Å². The van der Waals surface area contributed by atoms with Gasteiger partial charge in [-0.25, -0.2) is 9.59 Å². The predicted molar refractivity (Wildman–Crippen MR) is 143 cm³/mol. The van der Waals surface area contributed by atoms with Crippen LogP contribution in [-0.2, 0) is 35.3 Å². The number of carbonyl (C=O) groups is 6. The van der Waals surface area contributed by atoms with Gasteiger partial charge in [0, 0.05) is 6.54 Å². The Hall–Kier alpha value is -4.38. The first-order chi connectivity index (χ1) is 20.7. The molecule has 0 saturated carbocycles. The van der Waals surface area contributed by atoms with Gasteiger partial charge in [-0.1, -0.05) is 44.2 Å². The lowest BCUT2D eigenvalue weighted by molar-refractivity contribution is -0.217. The van der Waals surface area contributed by atoms with E-state index in [-0.39, 0.29) is 12.5 Å². The number of alkyl halides is 6. The summed E-state index contributed by atoms with van der Waals surface area (Å²) in [6, 6.07) is 5.27.